The predicted octanol–water partition coefficient (Wildman–Crippen LogP) is -0.702. The Balaban J connectivity index is 4.74. The van der Waals surface area contributed by atoms with Crippen LogP contribution in [0.5, 0.6) is 0 Å². The maximum atomic E-state index is 10.7. The molecule has 0 saturated heterocycles. The second-order valence-electron chi connectivity index (χ2n) is 2.77. The number of carboxylic acids is 2. The fourth-order valence-electron chi connectivity index (χ4n) is 0.818. The lowest BCUT2D eigenvalue weighted by Crippen LogP contribution is -2.42. The second kappa shape index (κ2) is 5.38. The first kappa shape index (κ1) is 14.3. The van der Waals surface area contributed by atoms with E-state index < -0.39 is 44.3 Å². The summed E-state index contributed by atoms with van der Waals surface area (Å²) in [5, 5.41) is 26.1. The molecular weight excluding hydrogens is 247 g/mol. The van der Waals surface area contributed by atoms with Crippen LogP contribution in [0.25, 0.3) is 0 Å². The summed E-state index contributed by atoms with van der Waals surface area (Å²) >= 11 is 0. The van der Waals surface area contributed by atoms with Crippen LogP contribution in [0.2, 0.25) is 0 Å². The predicted molar refractivity (Wildman–Crippen MR) is 43.8 cm³/mol. The first-order valence-electron chi connectivity index (χ1n) is 3.70. The van der Waals surface area contributed by atoms with Crippen molar-refractivity contribution < 1.29 is 43.4 Å². The van der Waals surface area contributed by atoms with Crippen molar-refractivity contribution in [3.63, 3.8) is 0 Å². The van der Waals surface area contributed by atoms with Crippen molar-refractivity contribution in [1.82, 2.24) is 0 Å². The van der Waals surface area contributed by atoms with Gasteiger partial charge in [0.05, 0.1) is 12.8 Å². The van der Waals surface area contributed by atoms with Crippen molar-refractivity contribution in [3.05, 3.63) is 0 Å². The minimum Gasteiger partial charge on any atom is -0.481 e. The van der Waals surface area contributed by atoms with Gasteiger partial charge in [0.15, 0.2) is 5.60 Å². The smallest absolute Gasteiger partial charge is 0.481 e. The Bertz CT molecular complexity index is 375. The summed E-state index contributed by atoms with van der Waals surface area (Å²) in [6.45, 7) is 0. The molecule has 3 N–H and O–H groups in total. The molecule has 0 aliphatic heterocycles. The van der Waals surface area contributed by atoms with Crippen LogP contribution >= 0.6 is 7.91 Å². The summed E-state index contributed by atoms with van der Waals surface area (Å²) < 4.78 is 23.4. The number of carbonyl (C=O) groups excluding carboxylic acids is 1. The van der Waals surface area contributed by atoms with E-state index in [1.54, 1.807) is 0 Å². The molecule has 0 aliphatic carbocycles. The Morgan fingerprint density at radius 2 is 1.62 bits per heavy atom. The van der Waals surface area contributed by atoms with Gasteiger partial charge in [-0.15, -0.1) is 0 Å². The molecule has 0 unspecified atom stereocenters. The molecule has 10 heteroatoms. The van der Waals surface area contributed by atoms with Gasteiger partial charge in [-0.25, -0.2) is 4.79 Å². The Labute approximate surface area is 88.5 Å². The van der Waals surface area contributed by atoms with E-state index in [1.807, 2.05) is 0 Å². The van der Waals surface area contributed by atoms with Crippen molar-refractivity contribution in [1.29, 1.82) is 0 Å². The maximum absolute atomic E-state index is 10.7. The lowest BCUT2D eigenvalue weighted by atomic mass is 9.96. The quantitative estimate of drug-likeness (QED) is 0.521. The molecule has 0 spiro atoms. The Morgan fingerprint density at radius 1 is 1.12 bits per heavy atom. The summed E-state index contributed by atoms with van der Waals surface area (Å²) in [4.78, 5) is 31.5. The highest BCUT2D eigenvalue weighted by Crippen LogP contribution is 2.19. The van der Waals surface area contributed by atoms with Gasteiger partial charge in [-0.05, 0) is 0 Å². The van der Waals surface area contributed by atoms with Crippen LogP contribution in [-0.2, 0) is 28.0 Å². The third kappa shape index (κ3) is 4.67. The maximum Gasteiger partial charge on any atom is 0.531 e. The van der Waals surface area contributed by atoms with Gasteiger partial charge in [0.1, 0.15) is 0 Å². The van der Waals surface area contributed by atoms with E-state index >= 15 is 0 Å². The molecule has 9 nitrogen and oxygen atoms in total. The number of hydrogen-bond donors (Lipinski definition) is 3. The fraction of sp³-hybridized carbons (Fsp3) is 0.500. The summed E-state index contributed by atoms with van der Waals surface area (Å²) in [5.41, 5.74) is -2.89. The largest absolute Gasteiger partial charge is 0.531 e. The standard InChI is InChI=1S/C6H7O9P/c7-3(8)1-6(12,5(10)11)2-4(9)15-16(13)14/h12H,1-2H2,(H,7,8)(H,10,11)/t6-/m1/s1. The zero-order chi connectivity index (χ0) is 12.9. The van der Waals surface area contributed by atoms with Crippen LogP contribution in [0.1, 0.15) is 12.8 Å². The van der Waals surface area contributed by atoms with Crippen molar-refractivity contribution in [2.45, 2.75) is 18.4 Å². The van der Waals surface area contributed by atoms with Gasteiger partial charge in [-0.2, -0.15) is 9.13 Å². The van der Waals surface area contributed by atoms with Crippen molar-refractivity contribution in [2.75, 3.05) is 0 Å². The van der Waals surface area contributed by atoms with Gasteiger partial charge in [-0.1, -0.05) is 0 Å². The molecular formula is C6H7O9P. The van der Waals surface area contributed by atoms with E-state index in [0.29, 0.717) is 0 Å². The molecule has 0 radical (unpaired) electrons. The van der Waals surface area contributed by atoms with Gasteiger partial charge in [0.25, 0.3) is 0 Å². The monoisotopic (exact) mass is 254 g/mol. The molecule has 0 heterocycles. The van der Waals surface area contributed by atoms with Gasteiger partial charge in [0.2, 0.25) is 0 Å². The van der Waals surface area contributed by atoms with Gasteiger partial charge < -0.3 is 19.8 Å². The summed E-state index contributed by atoms with van der Waals surface area (Å²) in [6, 6.07) is 0. The van der Waals surface area contributed by atoms with Crippen molar-refractivity contribution >= 4 is 25.8 Å². The Morgan fingerprint density at radius 3 is 1.94 bits per heavy atom. The zero-order valence-electron chi connectivity index (χ0n) is 7.65. The van der Waals surface area contributed by atoms with Gasteiger partial charge in [-0.3, -0.25) is 9.59 Å². The molecule has 16 heavy (non-hydrogen) atoms. The van der Waals surface area contributed by atoms with E-state index in [9.17, 15) is 28.6 Å². The molecule has 90 valence electrons. The number of aliphatic hydroxyl groups is 1. The molecule has 0 rings (SSSR count). The van der Waals surface area contributed by atoms with E-state index in [-0.39, 0.29) is 0 Å². The first-order valence-corrected chi connectivity index (χ1v) is 4.79. The average molecular weight is 254 g/mol. The molecule has 0 bridgehead atoms. The van der Waals surface area contributed by atoms with E-state index in [1.165, 1.54) is 0 Å². The molecule has 0 aromatic rings. The van der Waals surface area contributed by atoms with Crippen LogP contribution in [0.4, 0.5) is 0 Å². The second-order valence-corrected chi connectivity index (χ2v) is 3.40. The fourth-order valence-corrected chi connectivity index (χ4v) is 1.05. The minimum atomic E-state index is -3.53. The normalized spacial score (nSPS) is 13.6. The molecule has 0 fully saturated rings. The van der Waals surface area contributed by atoms with Crippen LogP contribution in [0, 0.1) is 0 Å². The zero-order valence-corrected chi connectivity index (χ0v) is 8.55. The lowest BCUT2D eigenvalue weighted by Gasteiger charge is -2.18. The number of aliphatic carboxylic acids is 2. The topological polar surface area (TPSA) is 155 Å². The van der Waals surface area contributed by atoms with Gasteiger partial charge >= 0.3 is 25.8 Å². The van der Waals surface area contributed by atoms with E-state index in [4.69, 9.17) is 10.2 Å². The van der Waals surface area contributed by atoms with Gasteiger partial charge in [0, 0.05) is 0 Å². The molecule has 0 amide bonds. The molecule has 0 saturated carbocycles. The first-order chi connectivity index (χ1) is 7.17. The van der Waals surface area contributed by atoms with Crippen LogP contribution in [0.15, 0.2) is 0 Å². The van der Waals surface area contributed by atoms with Crippen molar-refractivity contribution in [3.8, 4) is 0 Å². The highest BCUT2D eigenvalue weighted by Gasteiger charge is 2.41. The van der Waals surface area contributed by atoms with Crippen LogP contribution in [0.3, 0.4) is 0 Å². The Hall–Kier alpha value is -1.73. The lowest BCUT2D eigenvalue weighted by molar-refractivity contribution is -0.169. The summed E-state index contributed by atoms with van der Waals surface area (Å²) in [6.07, 6.45) is -2.54. The van der Waals surface area contributed by atoms with E-state index in [2.05, 4.69) is 4.52 Å². The van der Waals surface area contributed by atoms with Crippen LogP contribution < -0.4 is 0 Å². The van der Waals surface area contributed by atoms with E-state index in [0.717, 1.165) is 0 Å². The Kier molecular flexibility index (Phi) is 4.80. The molecule has 0 aliphatic rings. The number of hydrogen-bond acceptors (Lipinski definition) is 7. The van der Waals surface area contributed by atoms with Crippen molar-refractivity contribution in [2.24, 2.45) is 0 Å². The molecule has 1 atom stereocenters. The number of carboxylic acid groups (broad SMARTS) is 2. The average Bonchev–Trinajstić information content (AvgIpc) is 1.98. The molecule has 0 aromatic carbocycles. The third-order valence-electron chi connectivity index (χ3n) is 1.45. The summed E-state index contributed by atoms with van der Waals surface area (Å²) in [7, 11) is -3.53. The molecule has 0 aromatic heterocycles. The highest BCUT2D eigenvalue weighted by molar-refractivity contribution is 7.25. The highest BCUT2D eigenvalue weighted by atomic mass is 31.1. The SMILES string of the molecule is O=C(O)C[C@@](O)(CC(=O)OP(=O)=O)C(=O)O. The van der Waals surface area contributed by atoms with Crippen LogP contribution in [-0.4, -0.2) is 38.8 Å². The number of rotatable bonds is 6. The third-order valence-corrected chi connectivity index (χ3v) is 1.81. The summed E-state index contributed by atoms with van der Waals surface area (Å²) in [5.74, 6) is -5.18. The number of carbonyl (C=O) groups is 3. The minimum absolute atomic E-state index is 1.26.